The summed E-state index contributed by atoms with van der Waals surface area (Å²) in [5.41, 5.74) is 1.23. The van der Waals surface area contributed by atoms with Gasteiger partial charge in [0, 0.05) is 31.4 Å². The highest BCUT2D eigenvalue weighted by atomic mass is 16.5. The summed E-state index contributed by atoms with van der Waals surface area (Å²) in [4.78, 5) is 0. The SMILES string of the molecule is COCCn1cc(NC2CC(OCC(C)C)C2(C)C)cn1. The monoisotopic (exact) mass is 295 g/mol. The van der Waals surface area contributed by atoms with Crippen LogP contribution in [0.5, 0.6) is 0 Å². The number of hydrogen-bond acceptors (Lipinski definition) is 4. The van der Waals surface area contributed by atoms with Crippen LogP contribution < -0.4 is 5.32 Å². The van der Waals surface area contributed by atoms with Crippen LogP contribution in [0, 0.1) is 11.3 Å². The van der Waals surface area contributed by atoms with Gasteiger partial charge in [-0.25, -0.2) is 0 Å². The Morgan fingerprint density at radius 1 is 1.48 bits per heavy atom. The molecule has 0 saturated heterocycles. The minimum absolute atomic E-state index is 0.156. The van der Waals surface area contributed by atoms with Crippen molar-refractivity contribution in [3.05, 3.63) is 12.4 Å². The van der Waals surface area contributed by atoms with E-state index in [1.165, 1.54) is 0 Å². The highest BCUT2D eigenvalue weighted by Crippen LogP contribution is 2.44. The van der Waals surface area contributed by atoms with Crippen LogP contribution in [0.25, 0.3) is 0 Å². The molecule has 0 aliphatic heterocycles. The molecule has 1 N–H and O–H groups in total. The Labute approximate surface area is 128 Å². The van der Waals surface area contributed by atoms with Crippen molar-refractivity contribution < 1.29 is 9.47 Å². The zero-order chi connectivity index (χ0) is 15.5. The molecule has 2 unspecified atom stereocenters. The van der Waals surface area contributed by atoms with Crippen LogP contribution in [0.4, 0.5) is 5.69 Å². The molecule has 5 nitrogen and oxygen atoms in total. The second-order valence-electron chi connectivity index (χ2n) is 6.95. The van der Waals surface area contributed by atoms with Crippen LogP contribution in [-0.4, -0.2) is 42.2 Å². The molecule has 1 aliphatic carbocycles. The molecule has 21 heavy (non-hydrogen) atoms. The molecule has 1 fully saturated rings. The summed E-state index contributed by atoms with van der Waals surface area (Å²) < 4.78 is 13.0. The third-order valence-corrected chi connectivity index (χ3v) is 4.31. The topological polar surface area (TPSA) is 48.3 Å². The molecule has 1 aromatic rings. The van der Waals surface area contributed by atoms with Gasteiger partial charge in [-0.05, 0) is 12.3 Å². The van der Waals surface area contributed by atoms with Gasteiger partial charge >= 0.3 is 0 Å². The van der Waals surface area contributed by atoms with Crippen molar-refractivity contribution in [3.8, 4) is 0 Å². The van der Waals surface area contributed by atoms with E-state index in [0.717, 1.165) is 25.3 Å². The predicted octanol–water partition coefficient (Wildman–Crippen LogP) is 2.78. The summed E-state index contributed by atoms with van der Waals surface area (Å²) in [5, 5.41) is 7.91. The minimum atomic E-state index is 0.156. The van der Waals surface area contributed by atoms with E-state index < -0.39 is 0 Å². The Morgan fingerprint density at radius 3 is 2.86 bits per heavy atom. The fraction of sp³-hybridized carbons (Fsp3) is 0.812. The van der Waals surface area contributed by atoms with Gasteiger partial charge < -0.3 is 14.8 Å². The van der Waals surface area contributed by atoms with E-state index in [4.69, 9.17) is 9.47 Å². The molecule has 1 aliphatic rings. The zero-order valence-electron chi connectivity index (χ0n) is 13.9. The Morgan fingerprint density at radius 2 is 2.24 bits per heavy atom. The van der Waals surface area contributed by atoms with Crippen molar-refractivity contribution in [2.45, 2.75) is 52.8 Å². The fourth-order valence-corrected chi connectivity index (χ4v) is 2.67. The fourth-order valence-electron chi connectivity index (χ4n) is 2.67. The van der Waals surface area contributed by atoms with Gasteiger partial charge in [-0.1, -0.05) is 27.7 Å². The van der Waals surface area contributed by atoms with E-state index in [0.29, 0.717) is 24.7 Å². The van der Waals surface area contributed by atoms with E-state index in [-0.39, 0.29) is 5.41 Å². The van der Waals surface area contributed by atoms with Gasteiger partial charge in [0.05, 0.1) is 31.1 Å². The van der Waals surface area contributed by atoms with E-state index >= 15 is 0 Å². The Kier molecular flexibility index (Phi) is 5.27. The van der Waals surface area contributed by atoms with Crippen molar-refractivity contribution in [1.29, 1.82) is 0 Å². The maximum Gasteiger partial charge on any atom is 0.0728 e. The molecule has 0 bridgehead atoms. The van der Waals surface area contributed by atoms with Gasteiger partial charge in [0.2, 0.25) is 0 Å². The number of anilines is 1. The van der Waals surface area contributed by atoms with Crippen LogP contribution in [0.3, 0.4) is 0 Å². The first-order valence-electron chi connectivity index (χ1n) is 7.83. The molecule has 0 spiro atoms. The second-order valence-corrected chi connectivity index (χ2v) is 6.95. The van der Waals surface area contributed by atoms with Crippen LogP contribution >= 0.6 is 0 Å². The Balaban J connectivity index is 1.83. The predicted molar refractivity (Wildman–Crippen MR) is 84.5 cm³/mol. The average Bonchev–Trinajstić information content (AvgIpc) is 2.87. The summed E-state index contributed by atoms with van der Waals surface area (Å²) in [7, 11) is 1.71. The van der Waals surface area contributed by atoms with Crippen LogP contribution in [-0.2, 0) is 16.0 Å². The van der Waals surface area contributed by atoms with Gasteiger partial charge in [-0.15, -0.1) is 0 Å². The molecular formula is C16H29N3O2. The summed E-state index contributed by atoms with van der Waals surface area (Å²) >= 11 is 0. The highest BCUT2D eigenvalue weighted by molar-refractivity contribution is 5.41. The first kappa shape index (κ1) is 16.3. The zero-order valence-corrected chi connectivity index (χ0v) is 13.9. The summed E-state index contributed by atoms with van der Waals surface area (Å²) in [6, 6.07) is 0.440. The Hall–Kier alpha value is -1.07. The van der Waals surface area contributed by atoms with Gasteiger partial charge in [0.15, 0.2) is 0 Å². The third kappa shape index (κ3) is 3.98. The quantitative estimate of drug-likeness (QED) is 0.801. The van der Waals surface area contributed by atoms with Gasteiger partial charge in [-0.3, -0.25) is 4.68 Å². The number of ether oxygens (including phenoxy) is 2. The number of methoxy groups -OCH3 is 1. The molecular weight excluding hydrogens is 266 g/mol. The lowest BCUT2D eigenvalue weighted by Crippen LogP contribution is -2.58. The lowest BCUT2D eigenvalue weighted by molar-refractivity contribution is -0.108. The molecule has 0 radical (unpaired) electrons. The normalized spacial score (nSPS) is 24.1. The van der Waals surface area contributed by atoms with Crippen molar-refractivity contribution in [2.75, 3.05) is 25.6 Å². The van der Waals surface area contributed by atoms with Crippen molar-refractivity contribution in [1.82, 2.24) is 9.78 Å². The van der Waals surface area contributed by atoms with Crippen LogP contribution in [0.2, 0.25) is 0 Å². The smallest absolute Gasteiger partial charge is 0.0728 e. The van der Waals surface area contributed by atoms with Gasteiger partial charge in [0.25, 0.3) is 0 Å². The first-order chi connectivity index (χ1) is 9.93. The summed E-state index contributed by atoms with van der Waals surface area (Å²) in [6.45, 7) is 11.2. The highest BCUT2D eigenvalue weighted by Gasteiger charge is 2.49. The maximum absolute atomic E-state index is 6.00. The van der Waals surface area contributed by atoms with E-state index in [9.17, 15) is 0 Å². The van der Waals surface area contributed by atoms with E-state index in [2.05, 4.69) is 38.1 Å². The van der Waals surface area contributed by atoms with Gasteiger partial charge in [-0.2, -0.15) is 5.10 Å². The van der Waals surface area contributed by atoms with Crippen molar-refractivity contribution >= 4 is 5.69 Å². The average molecular weight is 295 g/mol. The van der Waals surface area contributed by atoms with Crippen LogP contribution in [0.15, 0.2) is 12.4 Å². The third-order valence-electron chi connectivity index (χ3n) is 4.31. The summed E-state index contributed by atoms with van der Waals surface area (Å²) in [5.74, 6) is 0.590. The number of aromatic nitrogens is 2. The van der Waals surface area contributed by atoms with Crippen LogP contribution in [0.1, 0.15) is 34.1 Å². The van der Waals surface area contributed by atoms with Crippen molar-refractivity contribution in [2.24, 2.45) is 11.3 Å². The molecule has 5 heteroatoms. The number of nitrogens with one attached hydrogen (secondary N) is 1. The minimum Gasteiger partial charge on any atom is -0.383 e. The molecule has 1 saturated carbocycles. The van der Waals surface area contributed by atoms with Gasteiger partial charge in [0.1, 0.15) is 0 Å². The number of rotatable bonds is 8. The Bertz CT molecular complexity index is 442. The molecule has 0 amide bonds. The number of hydrogen-bond donors (Lipinski definition) is 1. The maximum atomic E-state index is 6.00. The molecule has 0 aromatic carbocycles. The largest absolute Gasteiger partial charge is 0.383 e. The molecule has 2 rings (SSSR count). The molecule has 2 atom stereocenters. The van der Waals surface area contributed by atoms with Crippen molar-refractivity contribution in [3.63, 3.8) is 0 Å². The molecule has 1 aromatic heterocycles. The first-order valence-corrected chi connectivity index (χ1v) is 7.83. The second kappa shape index (κ2) is 6.79. The standard InChI is InChI=1S/C16H29N3O2/c1-12(2)11-21-15-8-14(16(15,3)4)18-13-9-17-19(10-13)6-7-20-5/h9-10,12,14-15,18H,6-8,11H2,1-5H3. The number of nitrogens with zero attached hydrogens (tertiary/aromatic N) is 2. The molecule has 1 heterocycles. The van der Waals surface area contributed by atoms with E-state index in [1.54, 1.807) is 7.11 Å². The summed E-state index contributed by atoms with van der Waals surface area (Å²) in [6.07, 6.45) is 5.33. The lowest BCUT2D eigenvalue weighted by atomic mass is 9.64. The lowest BCUT2D eigenvalue weighted by Gasteiger charge is -2.52. The van der Waals surface area contributed by atoms with E-state index in [1.807, 2.05) is 17.1 Å². The molecule has 120 valence electrons.